The smallest absolute Gasteiger partial charge is 0.155 e. The lowest BCUT2D eigenvalue weighted by Gasteiger charge is -2.28. The Hall–Kier alpha value is -2.14. The number of aryl methyl sites for hydroxylation is 1. The van der Waals surface area contributed by atoms with Crippen LogP contribution in [0.2, 0.25) is 0 Å². The van der Waals surface area contributed by atoms with E-state index in [0.717, 1.165) is 36.7 Å². The van der Waals surface area contributed by atoms with Gasteiger partial charge in [-0.25, -0.2) is 9.50 Å². The summed E-state index contributed by atoms with van der Waals surface area (Å²) < 4.78 is 7.89. The van der Waals surface area contributed by atoms with Gasteiger partial charge in [-0.15, -0.1) is 0 Å². The second-order valence-electron chi connectivity index (χ2n) is 6.59. The number of furan rings is 1. The fourth-order valence-corrected chi connectivity index (χ4v) is 3.63. The first-order valence-electron chi connectivity index (χ1n) is 8.94. The van der Waals surface area contributed by atoms with Gasteiger partial charge >= 0.3 is 0 Å². The minimum Gasteiger partial charge on any atom is -0.464 e. The maximum Gasteiger partial charge on any atom is 0.155 e. The van der Waals surface area contributed by atoms with Crippen LogP contribution in [-0.4, -0.2) is 26.0 Å². The molecule has 0 radical (unpaired) electrons. The van der Waals surface area contributed by atoms with E-state index < -0.39 is 0 Å². The van der Waals surface area contributed by atoms with Crippen LogP contribution >= 0.6 is 0 Å². The van der Waals surface area contributed by atoms with Crippen molar-refractivity contribution in [3.63, 3.8) is 0 Å². The second-order valence-corrected chi connectivity index (χ2v) is 6.59. The molecular weight excluding hydrogens is 300 g/mol. The molecule has 5 heteroatoms. The van der Waals surface area contributed by atoms with Gasteiger partial charge in [0, 0.05) is 19.2 Å². The van der Waals surface area contributed by atoms with E-state index in [1.165, 1.54) is 31.2 Å². The average Bonchev–Trinajstić information content (AvgIpc) is 3.20. The minimum absolute atomic E-state index is 0.377. The Balaban J connectivity index is 1.59. The first-order chi connectivity index (χ1) is 11.8. The molecule has 1 aliphatic rings. The van der Waals surface area contributed by atoms with Gasteiger partial charge in [-0.3, -0.25) is 4.90 Å². The summed E-state index contributed by atoms with van der Waals surface area (Å²) in [5, 5.41) is 4.17. The molecule has 0 bridgehead atoms. The third kappa shape index (κ3) is 3.08. The number of pyridine rings is 1. The molecule has 3 aromatic heterocycles. The molecule has 0 N–H and O–H groups in total. The van der Waals surface area contributed by atoms with Crippen LogP contribution < -0.4 is 0 Å². The van der Waals surface area contributed by atoms with Crippen molar-refractivity contribution >= 4 is 5.65 Å². The summed E-state index contributed by atoms with van der Waals surface area (Å²) in [5.41, 5.74) is 2.19. The molecule has 0 spiro atoms. The van der Waals surface area contributed by atoms with Gasteiger partial charge in [-0.2, -0.15) is 5.10 Å². The first-order valence-corrected chi connectivity index (χ1v) is 8.94. The Bertz CT molecular complexity index is 806. The maximum absolute atomic E-state index is 6.09. The zero-order chi connectivity index (χ0) is 16.4. The van der Waals surface area contributed by atoms with Crippen LogP contribution in [-0.2, 0) is 13.0 Å². The predicted octanol–water partition coefficient (Wildman–Crippen LogP) is 4.00. The van der Waals surface area contributed by atoms with Gasteiger partial charge in [-0.1, -0.05) is 19.8 Å². The zero-order valence-corrected chi connectivity index (χ0v) is 14.2. The summed E-state index contributed by atoms with van der Waals surface area (Å²) in [6.45, 7) is 4.18. The van der Waals surface area contributed by atoms with E-state index in [9.17, 15) is 0 Å². The van der Waals surface area contributed by atoms with Gasteiger partial charge in [0.15, 0.2) is 5.65 Å². The average molecular weight is 324 g/mol. The summed E-state index contributed by atoms with van der Waals surface area (Å²) in [6.07, 6.45) is 9.55. The van der Waals surface area contributed by atoms with E-state index in [4.69, 9.17) is 4.42 Å². The Morgan fingerprint density at radius 1 is 1.21 bits per heavy atom. The molecule has 5 nitrogen and oxygen atoms in total. The van der Waals surface area contributed by atoms with Crippen molar-refractivity contribution in [1.82, 2.24) is 19.5 Å². The Morgan fingerprint density at radius 2 is 2.17 bits per heavy atom. The molecule has 4 heterocycles. The molecule has 1 aliphatic heterocycles. The third-order valence-corrected chi connectivity index (χ3v) is 4.95. The number of nitrogens with zero attached hydrogens (tertiary/aromatic N) is 4. The van der Waals surface area contributed by atoms with Crippen LogP contribution in [0.5, 0.6) is 0 Å². The first kappa shape index (κ1) is 15.4. The van der Waals surface area contributed by atoms with Gasteiger partial charge in [0.25, 0.3) is 0 Å². The number of likely N-dealkylation sites (tertiary alicyclic amines) is 1. The summed E-state index contributed by atoms with van der Waals surface area (Å²) in [4.78, 5) is 6.86. The zero-order valence-electron chi connectivity index (χ0n) is 14.2. The second kappa shape index (κ2) is 6.77. The standard InChI is InChI=1S/C19H24N4O/c1-2-16-7-8-18(24-16)17-6-4-3-5-10-22(17)13-15-9-11-23-19(12-15)20-14-21-23/h7-9,11-12,14,17H,2-6,10,13H2,1H3. The maximum atomic E-state index is 6.09. The number of hydrogen-bond donors (Lipinski definition) is 0. The molecule has 4 rings (SSSR count). The molecule has 0 aliphatic carbocycles. The van der Waals surface area contributed by atoms with E-state index in [1.54, 1.807) is 6.33 Å². The molecule has 0 aromatic carbocycles. The fraction of sp³-hybridized carbons (Fsp3) is 0.474. The van der Waals surface area contributed by atoms with Crippen molar-refractivity contribution in [2.24, 2.45) is 0 Å². The number of rotatable bonds is 4. The molecule has 1 fully saturated rings. The molecule has 24 heavy (non-hydrogen) atoms. The monoisotopic (exact) mass is 324 g/mol. The van der Waals surface area contributed by atoms with Gasteiger partial charge in [0.1, 0.15) is 17.8 Å². The fourth-order valence-electron chi connectivity index (χ4n) is 3.63. The lowest BCUT2D eigenvalue weighted by molar-refractivity contribution is 0.168. The summed E-state index contributed by atoms with van der Waals surface area (Å²) >= 11 is 0. The summed E-state index contributed by atoms with van der Waals surface area (Å²) in [7, 11) is 0. The van der Waals surface area contributed by atoms with Crippen LogP contribution in [0, 0.1) is 0 Å². The minimum atomic E-state index is 0.377. The molecule has 0 amide bonds. The molecule has 3 aromatic rings. The van der Waals surface area contributed by atoms with Crippen molar-refractivity contribution in [2.45, 2.75) is 51.6 Å². The van der Waals surface area contributed by atoms with Crippen LogP contribution in [0.25, 0.3) is 5.65 Å². The van der Waals surface area contributed by atoms with E-state index >= 15 is 0 Å². The highest BCUT2D eigenvalue weighted by Crippen LogP contribution is 2.32. The lowest BCUT2D eigenvalue weighted by atomic mass is 10.1. The van der Waals surface area contributed by atoms with E-state index in [0.29, 0.717) is 6.04 Å². The number of fused-ring (bicyclic) bond motifs is 1. The van der Waals surface area contributed by atoms with Gasteiger partial charge in [-0.05, 0) is 49.2 Å². The highest BCUT2D eigenvalue weighted by molar-refractivity contribution is 5.39. The molecule has 1 atom stereocenters. The van der Waals surface area contributed by atoms with Crippen LogP contribution in [0.4, 0.5) is 0 Å². The van der Waals surface area contributed by atoms with Gasteiger partial charge < -0.3 is 4.42 Å². The largest absolute Gasteiger partial charge is 0.464 e. The van der Waals surface area contributed by atoms with Crippen molar-refractivity contribution in [3.8, 4) is 0 Å². The topological polar surface area (TPSA) is 46.6 Å². The summed E-state index contributed by atoms with van der Waals surface area (Å²) in [6, 6.07) is 8.95. The number of hydrogen-bond acceptors (Lipinski definition) is 4. The highest BCUT2D eigenvalue weighted by Gasteiger charge is 2.25. The van der Waals surface area contributed by atoms with E-state index in [1.807, 2.05) is 10.7 Å². The molecule has 1 saturated heterocycles. The quantitative estimate of drug-likeness (QED) is 0.727. The van der Waals surface area contributed by atoms with Crippen LogP contribution in [0.15, 0.2) is 41.2 Å². The van der Waals surface area contributed by atoms with Crippen molar-refractivity contribution in [1.29, 1.82) is 0 Å². The Morgan fingerprint density at radius 3 is 3.04 bits per heavy atom. The van der Waals surface area contributed by atoms with Crippen molar-refractivity contribution < 1.29 is 4.42 Å². The highest BCUT2D eigenvalue weighted by atomic mass is 16.3. The van der Waals surface area contributed by atoms with Crippen molar-refractivity contribution in [2.75, 3.05) is 6.54 Å². The SMILES string of the molecule is CCc1ccc(C2CCCCCN2Cc2ccn3ncnc3c2)o1. The third-order valence-electron chi connectivity index (χ3n) is 4.95. The van der Waals surface area contributed by atoms with Crippen molar-refractivity contribution in [3.05, 3.63) is 53.9 Å². The van der Waals surface area contributed by atoms with Crippen LogP contribution in [0.3, 0.4) is 0 Å². The van der Waals surface area contributed by atoms with Gasteiger partial charge in [0.2, 0.25) is 0 Å². The Labute approximate surface area is 142 Å². The molecule has 126 valence electrons. The summed E-state index contributed by atoms with van der Waals surface area (Å²) in [5.74, 6) is 2.20. The van der Waals surface area contributed by atoms with Crippen LogP contribution in [0.1, 0.15) is 55.7 Å². The molecule has 0 saturated carbocycles. The van der Waals surface area contributed by atoms with Gasteiger partial charge in [0.05, 0.1) is 6.04 Å². The van der Waals surface area contributed by atoms with E-state index in [-0.39, 0.29) is 0 Å². The predicted molar refractivity (Wildman–Crippen MR) is 92.7 cm³/mol. The lowest BCUT2D eigenvalue weighted by Crippen LogP contribution is -2.28. The Kier molecular flexibility index (Phi) is 4.34. The normalized spacial score (nSPS) is 19.6. The number of aromatic nitrogens is 3. The molecular formula is C19H24N4O. The molecule has 1 unspecified atom stereocenters. The van der Waals surface area contributed by atoms with E-state index in [2.05, 4.69) is 46.2 Å².